The van der Waals surface area contributed by atoms with Crippen LogP contribution in [-0.2, 0) is 6.54 Å². The van der Waals surface area contributed by atoms with Crippen molar-refractivity contribution in [3.63, 3.8) is 0 Å². The molecule has 0 spiro atoms. The molecule has 0 atom stereocenters. The van der Waals surface area contributed by atoms with Crippen molar-refractivity contribution in [2.45, 2.75) is 20.4 Å². The third kappa shape index (κ3) is 4.17. The number of carbonyl (C=O) groups is 1. The minimum absolute atomic E-state index is 0.267. The lowest BCUT2D eigenvalue weighted by atomic mass is 10.1. The van der Waals surface area contributed by atoms with Gasteiger partial charge in [-0.25, -0.2) is 9.97 Å². The maximum Gasteiger partial charge on any atom is 0.274 e. The van der Waals surface area contributed by atoms with Crippen molar-refractivity contribution < 1.29 is 4.79 Å². The van der Waals surface area contributed by atoms with Crippen LogP contribution in [0.5, 0.6) is 0 Å². The second-order valence-electron chi connectivity index (χ2n) is 5.64. The molecule has 2 aromatic heterocycles. The molecule has 1 amide bonds. The average Bonchev–Trinajstić information content (AvgIpc) is 2.65. The van der Waals surface area contributed by atoms with E-state index in [1.165, 1.54) is 0 Å². The first-order chi connectivity index (χ1) is 12.1. The number of benzene rings is 1. The number of amides is 1. The molecule has 3 rings (SSSR count). The summed E-state index contributed by atoms with van der Waals surface area (Å²) in [5.74, 6) is 0.122. The molecule has 0 fully saturated rings. The van der Waals surface area contributed by atoms with Crippen LogP contribution in [0.2, 0.25) is 0 Å². The van der Waals surface area contributed by atoms with Gasteiger partial charge in [0.05, 0.1) is 12.2 Å². The van der Waals surface area contributed by atoms with Crippen LogP contribution < -0.4 is 10.6 Å². The van der Waals surface area contributed by atoms with Gasteiger partial charge < -0.3 is 10.6 Å². The molecule has 0 saturated carbocycles. The highest BCUT2D eigenvalue weighted by molar-refractivity contribution is 6.03. The Hall–Kier alpha value is -3.28. The zero-order chi connectivity index (χ0) is 17.6. The van der Waals surface area contributed by atoms with Gasteiger partial charge in [-0.15, -0.1) is 0 Å². The number of anilines is 2. The molecule has 2 heterocycles. The number of nitrogens with one attached hydrogen (secondary N) is 2. The Morgan fingerprint density at radius 2 is 1.88 bits per heavy atom. The van der Waals surface area contributed by atoms with Gasteiger partial charge in [-0.05, 0) is 49.2 Å². The number of carbonyl (C=O) groups excluding carboxylic acids is 1. The van der Waals surface area contributed by atoms with Crippen LogP contribution in [0.25, 0.3) is 0 Å². The highest BCUT2D eigenvalue weighted by Gasteiger charge is 2.11. The lowest BCUT2D eigenvalue weighted by Gasteiger charge is -2.10. The second-order valence-corrected chi connectivity index (χ2v) is 5.64. The maximum absolute atomic E-state index is 12.5. The molecule has 126 valence electrons. The van der Waals surface area contributed by atoms with Crippen LogP contribution in [0.4, 0.5) is 11.6 Å². The molecular weight excluding hydrogens is 314 g/mol. The summed E-state index contributed by atoms with van der Waals surface area (Å²) in [7, 11) is 0. The first-order valence-electron chi connectivity index (χ1n) is 7.98. The quantitative estimate of drug-likeness (QED) is 0.748. The van der Waals surface area contributed by atoms with Gasteiger partial charge in [-0.2, -0.15) is 0 Å². The Kier molecular flexibility index (Phi) is 4.99. The summed E-state index contributed by atoms with van der Waals surface area (Å²) in [6, 6.07) is 13.1. The number of pyridine rings is 1. The minimum atomic E-state index is -0.267. The third-order valence-corrected chi connectivity index (χ3v) is 3.89. The molecule has 0 unspecified atom stereocenters. The molecule has 25 heavy (non-hydrogen) atoms. The molecule has 0 aliphatic carbocycles. The van der Waals surface area contributed by atoms with E-state index in [1.807, 2.05) is 50.2 Å². The highest BCUT2D eigenvalue weighted by atomic mass is 16.1. The van der Waals surface area contributed by atoms with E-state index in [0.29, 0.717) is 18.2 Å². The van der Waals surface area contributed by atoms with Crippen LogP contribution >= 0.6 is 0 Å². The number of rotatable bonds is 5. The average molecular weight is 333 g/mol. The maximum atomic E-state index is 12.5. The van der Waals surface area contributed by atoms with Crippen molar-refractivity contribution in [2.24, 2.45) is 0 Å². The molecule has 6 nitrogen and oxygen atoms in total. The van der Waals surface area contributed by atoms with Gasteiger partial charge in [0.15, 0.2) is 0 Å². The number of nitrogens with zero attached hydrogens (tertiary/aromatic N) is 3. The van der Waals surface area contributed by atoms with Crippen LogP contribution in [0.3, 0.4) is 0 Å². The Labute approximate surface area is 146 Å². The Bertz CT molecular complexity index is 880. The summed E-state index contributed by atoms with van der Waals surface area (Å²) in [6.45, 7) is 4.48. The fourth-order valence-corrected chi connectivity index (χ4v) is 2.32. The molecule has 0 bridgehead atoms. The smallest absolute Gasteiger partial charge is 0.274 e. The summed E-state index contributed by atoms with van der Waals surface area (Å²) < 4.78 is 0. The third-order valence-electron chi connectivity index (χ3n) is 3.89. The van der Waals surface area contributed by atoms with Crippen molar-refractivity contribution in [2.75, 3.05) is 10.6 Å². The Morgan fingerprint density at radius 3 is 2.68 bits per heavy atom. The first-order valence-corrected chi connectivity index (χ1v) is 7.98. The molecule has 2 N–H and O–H groups in total. The van der Waals surface area contributed by atoms with Gasteiger partial charge in [-0.1, -0.05) is 18.2 Å². The monoisotopic (exact) mass is 333 g/mol. The van der Waals surface area contributed by atoms with E-state index < -0.39 is 0 Å². The lowest BCUT2D eigenvalue weighted by molar-refractivity contribution is 0.102. The fourth-order valence-electron chi connectivity index (χ4n) is 2.32. The summed E-state index contributed by atoms with van der Waals surface area (Å²) in [5, 5.41) is 5.97. The molecule has 0 aliphatic rings. The van der Waals surface area contributed by atoms with E-state index in [4.69, 9.17) is 0 Å². The van der Waals surface area contributed by atoms with Crippen LogP contribution in [0, 0.1) is 13.8 Å². The van der Waals surface area contributed by atoms with Crippen molar-refractivity contribution in [1.82, 2.24) is 15.0 Å². The van der Waals surface area contributed by atoms with Gasteiger partial charge in [0, 0.05) is 18.1 Å². The lowest BCUT2D eigenvalue weighted by Crippen LogP contribution is -2.16. The molecule has 0 aliphatic heterocycles. The van der Waals surface area contributed by atoms with Crippen molar-refractivity contribution in [3.8, 4) is 0 Å². The summed E-state index contributed by atoms with van der Waals surface area (Å²) >= 11 is 0. The van der Waals surface area contributed by atoms with Crippen molar-refractivity contribution in [3.05, 3.63) is 77.4 Å². The van der Waals surface area contributed by atoms with E-state index in [9.17, 15) is 4.79 Å². The predicted octanol–water partition coefficient (Wildman–Crippen LogP) is 3.35. The van der Waals surface area contributed by atoms with E-state index in [1.54, 1.807) is 18.5 Å². The van der Waals surface area contributed by atoms with E-state index >= 15 is 0 Å². The number of hydrogen-bond donors (Lipinski definition) is 2. The van der Waals surface area contributed by atoms with Gasteiger partial charge >= 0.3 is 0 Å². The second kappa shape index (κ2) is 7.53. The van der Waals surface area contributed by atoms with Crippen LogP contribution in [0.1, 0.15) is 27.3 Å². The largest absolute Gasteiger partial charge is 0.349 e. The Balaban J connectivity index is 1.70. The molecule has 6 heteroatoms. The van der Waals surface area contributed by atoms with Crippen molar-refractivity contribution in [1.29, 1.82) is 0 Å². The van der Waals surface area contributed by atoms with Crippen LogP contribution in [0.15, 0.2) is 54.9 Å². The number of aryl methyl sites for hydroxylation is 1. The summed E-state index contributed by atoms with van der Waals surface area (Å²) in [4.78, 5) is 25.1. The van der Waals surface area contributed by atoms with E-state index in [0.717, 1.165) is 22.5 Å². The molecule has 0 saturated heterocycles. The predicted molar refractivity (Wildman–Crippen MR) is 97.5 cm³/mol. The van der Waals surface area contributed by atoms with Crippen molar-refractivity contribution >= 4 is 17.5 Å². The topological polar surface area (TPSA) is 79.8 Å². The SMILES string of the molecule is Cc1cccc(NC(=O)c2ccnc(NCc3ccccn3)n2)c1C. The van der Waals surface area contributed by atoms with Gasteiger partial charge in [-0.3, -0.25) is 9.78 Å². The highest BCUT2D eigenvalue weighted by Crippen LogP contribution is 2.18. The van der Waals surface area contributed by atoms with Gasteiger partial charge in [0.1, 0.15) is 5.69 Å². The van der Waals surface area contributed by atoms with E-state index in [2.05, 4.69) is 25.6 Å². The summed E-state index contributed by atoms with van der Waals surface area (Å²) in [6.07, 6.45) is 3.29. The van der Waals surface area contributed by atoms with Crippen LogP contribution in [-0.4, -0.2) is 20.9 Å². The fraction of sp³-hybridized carbons (Fsp3) is 0.158. The molecule has 3 aromatic rings. The first kappa shape index (κ1) is 16.6. The molecule has 0 radical (unpaired) electrons. The van der Waals surface area contributed by atoms with Gasteiger partial charge in [0.2, 0.25) is 5.95 Å². The number of aromatic nitrogens is 3. The minimum Gasteiger partial charge on any atom is -0.349 e. The normalized spacial score (nSPS) is 10.3. The van der Waals surface area contributed by atoms with Gasteiger partial charge in [0.25, 0.3) is 5.91 Å². The summed E-state index contributed by atoms with van der Waals surface area (Å²) in [5.41, 5.74) is 4.12. The zero-order valence-electron chi connectivity index (χ0n) is 14.2. The Morgan fingerprint density at radius 1 is 1.00 bits per heavy atom. The zero-order valence-corrected chi connectivity index (χ0v) is 14.2. The van der Waals surface area contributed by atoms with E-state index in [-0.39, 0.29) is 5.91 Å². The molecule has 1 aromatic carbocycles. The molecular formula is C19H19N5O. The standard InChI is InChI=1S/C19H19N5O/c1-13-6-5-8-16(14(13)2)23-18(25)17-9-11-21-19(24-17)22-12-15-7-3-4-10-20-15/h3-11H,12H2,1-2H3,(H,23,25)(H,21,22,24). The number of hydrogen-bond acceptors (Lipinski definition) is 5.